The number of aromatic nitrogens is 4. The number of carbonyl (C=O) groups is 1. The Bertz CT molecular complexity index is 1070. The highest BCUT2D eigenvalue weighted by atomic mass is 16.5. The van der Waals surface area contributed by atoms with E-state index in [4.69, 9.17) is 14.5 Å². The number of pyridine rings is 2. The van der Waals surface area contributed by atoms with E-state index in [0.717, 1.165) is 52.1 Å². The predicted octanol–water partition coefficient (Wildman–Crippen LogP) is 4.24. The van der Waals surface area contributed by atoms with Crippen LogP contribution in [0.1, 0.15) is 49.9 Å². The number of hydrogen-bond acceptors (Lipinski definition) is 6. The molecule has 1 fully saturated rings. The van der Waals surface area contributed by atoms with Gasteiger partial charge in [0.05, 0.1) is 25.1 Å². The highest BCUT2D eigenvalue weighted by molar-refractivity contribution is 5.95. The molecule has 1 aliphatic rings. The molecule has 0 saturated heterocycles. The van der Waals surface area contributed by atoms with Crippen molar-refractivity contribution in [2.24, 2.45) is 5.92 Å². The van der Waals surface area contributed by atoms with Crippen LogP contribution < -0.4 is 0 Å². The van der Waals surface area contributed by atoms with E-state index in [0.29, 0.717) is 32.0 Å². The molecule has 0 amide bonds. The van der Waals surface area contributed by atoms with Crippen molar-refractivity contribution in [3.8, 4) is 11.1 Å². The lowest BCUT2D eigenvalue weighted by molar-refractivity contribution is -0.143. The van der Waals surface area contributed by atoms with Gasteiger partial charge in [-0.15, -0.1) is 0 Å². The van der Waals surface area contributed by atoms with E-state index in [2.05, 4.69) is 23.1 Å². The first-order valence-corrected chi connectivity index (χ1v) is 11.1. The Morgan fingerprint density at radius 2 is 2.06 bits per heavy atom. The Morgan fingerprint density at radius 1 is 1.23 bits per heavy atom. The standard InChI is InChI=1S/C24H30N4O3/c1-4-28-24-20(13-26-28)23(18-10-16(3)11-25-12-18)19(8-9-22(29)31-5-2)21(27-24)15-30-14-17-6-7-17/h10-13,17H,4-9,14-15H2,1-3H3. The van der Waals surface area contributed by atoms with Crippen LogP contribution in [0.15, 0.2) is 24.7 Å². The predicted molar refractivity (Wildman–Crippen MR) is 119 cm³/mol. The SMILES string of the molecule is CCOC(=O)CCc1c(COCC2CC2)nc2c(cnn2CC)c1-c1cncc(C)c1. The van der Waals surface area contributed by atoms with Crippen molar-refractivity contribution < 1.29 is 14.3 Å². The van der Waals surface area contributed by atoms with E-state index in [1.54, 1.807) is 0 Å². The fraction of sp³-hybridized carbons (Fsp3) is 0.500. The molecule has 0 atom stereocenters. The molecule has 4 rings (SSSR count). The first kappa shape index (κ1) is 21.4. The first-order valence-electron chi connectivity index (χ1n) is 11.1. The maximum absolute atomic E-state index is 12.2. The molecule has 1 aliphatic carbocycles. The van der Waals surface area contributed by atoms with E-state index in [-0.39, 0.29) is 5.97 Å². The van der Waals surface area contributed by atoms with Crippen LogP contribution in [-0.4, -0.2) is 38.9 Å². The lowest BCUT2D eigenvalue weighted by Gasteiger charge is -2.17. The van der Waals surface area contributed by atoms with E-state index in [1.807, 2.05) is 37.1 Å². The van der Waals surface area contributed by atoms with Crippen molar-refractivity contribution >= 4 is 17.0 Å². The fourth-order valence-electron chi connectivity index (χ4n) is 3.88. The monoisotopic (exact) mass is 422 g/mol. The molecule has 0 bridgehead atoms. The Kier molecular flexibility index (Phi) is 6.61. The molecule has 7 heteroatoms. The van der Waals surface area contributed by atoms with Crippen LogP contribution in [0.2, 0.25) is 0 Å². The quantitative estimate of drug-likeness (QED) is 0.455. The molecule has 0 aromatic carbocycles. The summed E-state index contributed by atoms with van der Waals surface area (Å²) in [5.41, 5.74) is 5.83. The maximum Gasteiger partial charge on any atom is 0.306 e. The maximum atomic E-state index is 12.2. The summed E-state index contributed by atoms with van der Waals surface area (Å²) in [7, 11) is 0. The highest BCUT2D eigenvalue weighted by Crippen LogP contribution is 2.35. The second-order valence-corrected chi connectivity index (χ2v) is 8.12. The number of ether oxygens (including phenoxy) is 2. The molecule has 0 spiro atoms. The van der Waals surface area contributed by atoms with Crippen molar-refractivity contribution in [2.45, 2.75) is 59.6 Å². The van der Waals surface area contributed by atoms with Crippen LogP contribution in [0, 0.1) is 12.8 Å². The summed E-state index contributed by atoms with van der Waals surface area (Å²) in [5.74, 6) is 0.471. The van der Waals surface area contributed by atoms with Gasteiger partial charge in [0.2, 0.25) is 0 Å². The average Bonchev–Trinajstić information content (AvgIpc) is 3.49. The van der Waals surface area contributed by atoms with E-state index >= 15 is 0 Å². The lowest BCUT2D eigenvalue weighted by Crippen LogP contribution is -2.11. The second-order valence-electron chi connectivity index (χ2n) is 8.12. The van der Waals surface area contributed by atoms with Crippen LogP contribution in [0.5, 0.6) is 0 Å². The molecule has 0 aliphatic heterocycles. The molecule has 164 valence electrons. The molecule has 0 unspecified atom stereocenters. The van der Waals surface area contributed by atoms with Gasteiger partial charge in [0.25, 0.3) is 0 Å². The van der Waals surface area contributed by atoms with Crippen molar-refractivity contribution in [1.29, 1.82) is 0 Å². The molecular weight excluding hydrogens is 392 g/mol. The van der Waals surface area contributed by atoms with Crippen LogP contribution in [0.4, 0.5) is 0 Å². The number of carbonyl (C=O) groups excluding carboxylic acids is 1. The summed E-state index contributed by atoms with van der Waals surface area (Å²) >= 11 is 0. The molecule has 0 N–H and O–H groups in total. The molecule has 3 heterocycles. The fourth-order valence-corrected chi connectivity index (χ4v) is 3.88. The minimum Gasteiger partial charge on any atom is -0.466 e. The van der Waals surface area contributed by atoms with E-state index in [9.17, 15) is 4.79 Å². The second kappa shape index (κ2) is 9.56. The smallest absolute Gasteiger partial charge is 0.306 e. The average molecular weight is 423 g/mol. The molecular formula is C24H30N4O3. The third kappa shape index (κ3) is 4.93. The van der Waals surface area contributed by atoms with Gasteiger partial charge in [-0.2, -0.15) is 5.10 Å². The van der Waals surface area contributed by atoms with Gasteiger partial charge >= 0.3 is 5.97 Å². The Hall–Kier alpha value is -2.80. The van der Waals surface area contributed by atoms with Crippen LogP contribution >= 0.6 is 0 Å². The normalized spacial score (nSPS) is 13.6. The molecule has 1 saturated carbocycles. The van der Waals surface area contributed by atoms with Gasteiger partial charge in [-0.05, 0) is 63.1 Å². The Morgan fingerprint density at radius 3 is 2.77 bits per heavy atom. The lowest BCUT2D eigenvalue weighted by atomic mass is 9.93. The van der Waals surface area contributed by atoms with Gasteiger partial charge < -0.3 is 9.47 Å². The van der Waals surface area contributed by atoms with Gasteiger partial charge in [0.1, 0.15) is 0 Å². The van der Waals surface area contributed by atoms with Crippen molar-refractivity contribution in [2.75, 3.05) is 13.2 Å². The Labute approximate surface area is 182 Å². The number of aryl methyl sites for hydroxylation is 2. The Balaban J connectivity index is 1.82. The molecule has 3 aromatic heterocycles. The highest BCUT2D eigenvalue weighted by Gasteiger charge is 2.23. The van der Waals surface area contributed by atoms with Crippen molar-refractivity contribution in [3.63, 3.8) is 0 Å². The van der Waals surface area contributed by atoms with Gasteiger partial charge in [0.15, 0.2) is 5.65 Å². The summed E-state index contributed by atoms with van der Waals surface area (Å²) in [6.45, 7) is 8.20. The van der Waals surface area contributed by atoms with Gasteiger partial charge in [-0.3, -0.25) is 9.78 Å². The number of hydrogen-bond donors (Lipinski definition) is 0. The number of rotatable bonds is 10. The third-order valence-corrected chi connectivity index (χ3v) is 5.61. The minimum absolute atomic E-state index is 0.204. The van der Waals surface area contributed by atoms with Crippen molar-refractivity contribution in [3.05, 3.63) is 41.5 Å². The molecule has 31 heavy (non-hydrogen) atoms. The minimum atomic E-state index is -0.204. The zero-order valence-corrected chi connectivity index (χ0v) is 18.6. The van der Waals surface area contributed by atoms with Gasteiger partial charge in [-0.1, -0.05) is 0 Å². The number of esters is 1. The summed E-state index contributed by atoms with van der Waals surface area (Å²) in [5, 5.41) is 5.52. The van der Waals surface area contributed by atoms with Crippen LogP contribution in [0.25, 0.3) is 22.2 Å². The number of fused-ring (bicyclic) bond motifs is 1. The summed E-state index contributed by atoms with van der Waals surface area (Å²) in [6, 6.07) is 2.12. The molecule has 0 radical (unpaired) electrons. The van der Waals surface area contributed by atoms with E-state index in [1.165, 1.54) is 12.8 Å². The van der Waals surface area contributed by atoms with Crippen molar-refractivity contribution in [1.82, 2.24) is 19.7 Å². The summed E-state index contributed by atoms with van der Waals surface area (Å²) < 4.78 is 13.1. The van der Waals surface area contributed by atoms with E-state index < -0.39 is 0 Å². The van der Waals surface area contributed by atoms with Crippen LogP contribution in [0.3, 0.4) is 0 Å². The third-order valence-electron chi connectivity index (χ3n) is 5.61. The van der Waals surface area contributed by atoms with Crippen LogP contribution in [-0.2, 0) is 33.8 Å². The summed E-state index contributed by atoms with van der Waals surface area (Å²) in [4.78, 5) is 21.5. The molecule has 3 aromatic rings. The topological polar surface area (TPSA) is 79.1 Å². The first-order chi connectivity index (χ1) is 15.1. The number of nitrogens with zero attached hydrogens (tertiary/aromatic N) is 4. The van der Waals surface area contributed by atoms with Gasteiger partial charge in [-0.25, -0.2) is 9.67 Å². The largest absolute Gasteiger partial charge is 0.466 e. The summed E-state index contributed by atoms with van der Waals surface area (Å²) in [6.07, 6.45) is 8.89. The molecule has 7 nitrogen and oxygen atoms in total. The zero-order valence-electron chi connectivity index (χ0n) is 18.6. The van der Waals surface area contributed by atoms with Gasteiger partial charge in [0, 0.05) is 48.5 Å². The zero-order chi connectivity index (χ0) is 21.8.